The van der Waals surface area contributed by atoms with E-state index in [9.17, 15) is 18.4 Å². The summed E-state index contributed by atoms with van der Waals surface area (Å²) in [6.45, 7) is 3.75. The lowest BCUT2D eigenvalue weighted by atomic mass is 10.1. The van der Waals surface area contributed by atoms with Crippen molar-refractivity contribution in [1.82, 2.24) is 19.7 Å². The number of aryl methyl sites for hydroxylation is 1. The first kappa shape index (κ1) is 20.9. The Kier molecular flexibility index (Phi) is 6.60. The van der Waals surface area contributed by atoms with Crippen LogP contribution in [0.2, 0.25) is 0 Å². The monoisotopic (exact) mass is 405 g/mol. The zero-order valence-corrected chi connectivity index (χ0v) is 16.5. The number of nitrogens with zero attached hydrogens (tertiary/aromatic N) is 3. The number of hydrogen-bond acceptors (Lipinski definition) is 4. The molecule has 1 atom stereocenters. The lowest BCUT2D eigenvalue weighted by molar-refractivity contribution is -0.136. The molecule has 3 rings (SSSR count). The van der Waals surface area contributed by atoms with Gasteiger partial charge in [0.2, 0.25) is 0 Å². The van der Waals surface area contributed by atoms with Crippen molar-refractivity contribution in [3.8, 4) is 0 Å². The van der Waals surface area contributed by atoms with Gasteiger partial charge in [0.1, 0.15) is 11.6 Å². The molecule has 29 heavy (non-hydrogen) atoms. The van der Waals surface area contributed by atoms with Crippen LogP contribution in [-0.2, 0) is 16.6 Å². The van der Waals surface area contributed by atoms with Gasteiger partial charge in [-0.3, -0.25) is 14.5 Å². The lowest BCUT2D eigenvalue weighted by Crippen LogP contribution is -2.49. The molecule has 1 aromatic heterocycles. The molecule has 1 aromatic carbocycles. The highest BCUT2D eigenvalue weighted by molar-refractivity contribution is 6.39. The Labute approximate surface area is 168 Å². The number of rotatable bonds is 5. The summed E-state index contributed by atoms with van der Waals surface area (Å²) in [5.41, 5.74) is 0.782. The minimum atomic E-state index is -1.00. The molecule has 7 nitrogen and oxygen atoms in total. The maximum atomic E-state index is 13.7. The van der Waals surface area contributed by atoms with E-state index in [4.69, 9.17) is 0 Å². The van der Waals surface area contributed by atoms with E-state index < -0.39 is 23.4 Å². The summed E-state index contributed by atoms with van der Waals surface area (Å²) >= 11 is 0. The standard InChI is InChI=1S/C20H25F2N5O2/c1-25-8-10-27(11-9-25)18(17-4-3-7-26(17)2)13-23-19(28)20(29)24-16-6-5-14(21)12-15(16)22/h3-7,12,18H,8-11,13H2,1-2H3,(H,23,28)(H,24,29). The number of benzene rings is 1. The molecule has 1 aliphatic rings. The van der Waals surface area contributed by atoms with Crippen LogP contribution in [0.1, 0.15) is 11.7 Å². The first-order chi connectivity index (χ1) is 13.8. The third-order valence-corrected chi connectivity index (χ3v) is 5.15. The number of amides is 2. The molecule has 0 radical (unpaired) electrons. The average molecular weight is 405 g/mol. The highest BCUT2D eigenvalue weighted by atomic mass is 19.1. The van der Waals surface area contributed by atoms with Crippen molar-refractivity contribution >= 4 is 17.5 Å². The molecule has 2 amide bonds. The van der Waals surface area contributed by atoms with Crippen LogP contribution in [0.15, 0.2) is 36.5 Å². The van der Waals surface area contributed by atoms with Crippen LogP contribution < -0.4 is 10.6 Å². The minimum absolute atomic E-state index is 0.0944. The Hall–Kier alpha value is -2.78. The Morgan fingerprint density at radius 3 is 2.41 bits per heavy atom. The largest absolute Gasteiger partial charge is 0.353 e. The van der Waals surface area contributed by atoms with Gasteiger partial charge in [0.25, 0.3) is 0 Å². The number of anilines is 1. The number of carbonyl (C=O) groups excluding carboxylic acids is 2. The van der Waals surface area contributed by atoms with E-state index in [0.29, 0.717) is 6.07 Å². The van der Waals surface area contributed by atoms with Crippen LogP contribution in [0.3, 0.4) is 0 Å². The van der Waals surface area contributed by atoms with Crippen LogP contribution in [0.25, 0.3) is 0 Å². The van der Waals surface area contributed by atoms with E-state index in [2.05, 4.69) is 27.5 Å². The van der Waals surface area contributed by atoms with Crippen molar-refractivity contribution in [2.45, 2.75) is 6.04 Å². The second kappa shape index (κ2) is 9.15. The third-order valence-electron chi connectivity index (χ3n) is 5.15. The van der Waals surface area contributed by atoms with Gasteiger partial charge in [-0.25, -0.2) is 8.78 Å². The fraction of sp³-hybridized carbons (Fsp3) is 0.400. The number of hydrogen-bond donors (Lipinski definition) is 2. The predicted molar refractivity (Wildman–Crippen MR) is 105 cm³/mol. The lowest BCUT2D eigenvalue weighted by Gasteiger charge is -2.38. The zero-order valence-electron chi connectivity index (χ0n) is 16.5. The quantitative estimate of drug-likeness (QED) is 0.737. The van der Waals surface area contributed by atoms with Gasteiger partial charge in [0.15, 0.2) is 0 Å². The van der Waals surface area contributed by atoms with Crippen molar-refractivity contribution in [1.29, 1.82) is 0 Å². The van der Waals surface area contributed by atoms with Crippen molar-refractivity contribution in [2.24, 2.45) is 7.05 Å². The topological polar surface area (TPSA) is 69.6 Å². The molecule has 1 unspecified atom stereocenters. The molecular weight excluding hydrogens is 380 g/mol. The van der Waals surface area contributed by atoms with E-state index in [1.54, 1.807) is 0 Å². The van der Waals surface area contributed by atoms with Gasteiger partial charge in [0, 0.05) is 57.7 Å². The van der Waals surface area contributed by atoms with Crippen LogP contribution in [0.4, 0.5) is 14.5 Å². The Balaban J connectivity index is 1.64. The van der Waals surface area contributed by atoms with Gasteiger partial charge >= 0.3 is 11.8 Å². The molecule has 0 aliphatic carbocycles. The number of carbonyl (C=O) groups is 2. The van der Waals surface area contributed by atoms with Gasteiger partial charge in [-0.15, -0.1) is 0 Å². The summed E-state index contributed by atoms with van der Waals surface area (Å²) < 4.78 is 28.7. The smallest absolute Gasteiger partial charge is 0.313 e. The highest BCUT2D eigenvalue weighted by Crippen LogP contribution is 2.22. The molecule has 1 saturated heterocycles. The SMILES string of the molecule is CN1CCN(C(CNC(=O)C(=O)Nc2ccc(F)cc2F)c2cccn2C)CC1. The second-order valence-corrected chi connectivity index (χ2v) is 7.19. The number of nitrogens with one attached hydrogen (secondary N) is 2. The second-order valence-electron chi connectivity index (χ2n) is 7.19. The van der Waals surface area contributed by atoms with E-state index in [0.717, 1.165) is 44.0 Å². The summed E-state index contributed by atoms with van der Waals surface area (Å²) in [6.07, 6.45) is 1.93. The molecule has 9 heteroatoms. The van der Waals surface area contributed by atoms with E-state index in [1.807, 2.05) is 29.9 Å². The number of aromatic nitrogens is 1. The molecular formula is C20H25F2N5O2. The van der Waals surface area contributed by atoms with Gasteiger partial charge in [-0.05, 0) is 31.3 Å². The first-order valence-corrected chi connectivity index (χ1v) is 9.43. The van der Waals surface area contributed by atoms with Crippen LogP contribution in [0, 0.1) is 11.6 Å². The molecule has 2 heterocycles. The van der Waals surface area contributed by atoms with Gasteiger partial charge in [-0.2, -0.15) is 0 Å². The van der Waals surface area contributed by atoms with Gasteiger partial charge in [0.05, 0.1) is 11.7 Å². The molecule has 0 spiro atoms. The van der Waals surface area contributed by atoms with E-state index >= 15 is 0 Å². The minimum Gasteiger partial charge on any atom is -0.353 e. The van der Waals surface area contributed by atoms with E-state index in [-0.39, 0.29) is 18.3 Å². The maximum Gasteiger partial charge on any atom is 0.313 e. The van der Waals surface area contributed by atoms with Gasteiger partial charge < -0.3 is 20.1 Å². The Morgan fingerprint density at radius 1 is 1.07 bits per heavy atom. The Bertz CT molecular complexity index is 878. The Morgan fingerprint density at radius 2 is 1.79 bits per heavy atom. The zero-order chi connectivity index (χ0) is 21.0. The molecule has 0 saturated carbocycles. The predicted octanol–water partition coefficient (Wildman–Crippen LogP) is 1.35. The van der Waals surface area contributed by atoms with Crippen LogP contribution >= 0.6 is 0 Å². The number of likely N-dealkylation sites (N-methyl/N-ethyl adjacent to an activating group) is 1. The fourth-order valence-corrected chi connectivity index (χ4v) is 3.41. The molecule has 2 N–H and O–H groups in total. The van der Waals surface area contributed by atoms with Crippen molar-refractivity contribution < 1.29 is 18.4 Å². The summed E-state index contributed by atoms with van der Waals surface area (Å²) in [5, 5.41) is 4.82. The molecule has 0 bridgehead atoms. The van der Waals surface area contributed by atoms with Crippen LogP contribution in [0.5, 0.6) is 0 Å². The summed E-state index contributed by atoms with van der Waals surface area (Å²) in [6, 6.07) is 6.56. The van der Waals surface area contributed by atoms with Crippen molar-refractivity contribution in [2.75, 3.05) is 45.1 Å². The van der Waals surface area contributed by atoms with Crippen molar-refractivity contribution in [3.63, 3.8) is 0 Å². The highest BCUT2D eigenvalue weighted by Gasteiger charge is 2.27. The number of piperazine rings is 1. The van der Waals surface area contributed by atoms with E-state index in [1.165, 1.54) is 0 Å². The fourth-order valence-electron chi connectivity index (χ4n) is 3.41. The summed E-state index contributed by atoms with van der Waals surface area (Å²) in [4.78, 5) is 28.9. The normalized spacial score (nSPS) is 16.4. The average Bonchev–Trinajstić information content (AvgIpc) is 3.11. The summed E-state index contributed by atoms with van der Waals surface area (Å²) in [7, 11) is 4.00. The van der Waals surface area contributed by atoms with Crippen LogP contribution in [-0.4, -0.2) is 66.0 Å². The molecule has 1 fully saturated rings. The third kappa shape index (κ3) is 5.18. The maximum absolute atomic E-state index is 13.7. The number of halogens is 2. The molecule has 1 aliphatic heterocycles. The molecule has 2 aromatic rings. The van der Waals surface area contributed by atoms with Crippen molar-refractivity contribution in [3.05, 3.63) is 53.9 Å². The summed E-state index contributed by atoms with van der Waals surface area (Å²) in [5.74, 6) is -3.57. The molecule has 156 valence electrons. The van der Waals surface area contributed by atoms with Gasteiger partial charge in [-0.1, -0.05) is 0 Å². The first-order valence-electron chi connectivity index (χ1n) is 9.43.